The lowest BCUT2D eigenvalue weighted by Crippen LogP contribution is -2.31. The largest absolute Gasteiger partial charge is 0.417 e. The van der Waals surface area contributed by atoms with Gasteiger partial charge in [-0.05, 0) is 19.9 Å². The molecule has 0 amide bonds. The van der Waals surface area contributed by atoms with E-state index in [4.69, 9.17) is 0 Å². The lowest BCUT2D eigenvalue weighted by atomic mass is 10.2. The van der Waals surface area contributed by atoms with Crippen molar-refractivity contribution in [2.45, 2.75) is 26.1 Å². The predicted octanol–water partition coefficient (Wildman–Crippen LogP) is 1.02. The van der Waals surface area contributed by atoms with Crippen LogP contribution in [0.5, 0.6) is 0 Å². The first-order valence-electron chi connectivity index (χ1n) is 5.41. The molecule has 3 N–H and O–H groups in total. The Morgan fingerprint density at radius 3 is 2.47 bits per heavy atom. The Balaban J connectivity index is 2.45. The third-order valence-corrected chi connectivity index (χ3v) is 3.82. The molecule has 0 saturated heterocycles. The Morgan fingerprint density at radius 2 is 1.95 bits per heavy atom. The normalized spacial score (nSPS) is 21.4. The van der Waals surface area contributed by atoms with E-state index in [1.54, 1.807) is 13.8 Å². The monoisotopic (exact) mass is 295 g/mol. The molecule has 2 aliphatic rings. The maximum Gasteiger partial charge on any atom is 0.417 e. The van der Waals surface area contributed by atoms with Gasteiger partial charge in [0.25, 0.3) is 10.0 Å². The fourth-order valence-electron chi connectivity index (χ4n) is 1.68. The zero-order valence-electron chi connectivity index (χ0n) is 10.1. The molecule has 19 heavy (non-hydrogen) atoms. The van der Waals surface area contributed by atoms with E-state index in [2.05, 4.69) is 15.4 Å². The minimum absolute atomic E-state index is 0.0701. The van der Waals surface area contributed by atoms with Gasteiger partial charge in [-0.1, -0.05) is 0 Å². The molecular formula is C10H12F3N3O2S. The molecule has 2 heterocycles. The molecule has 0 aromatic heterocycles. The number of hydrogen-bond acceptors (Lipinski definition) is 4. The molecule has 2 rings (SSSR count). The Hall–Kier alpha value is -1.64. The summed E-state index contributed by atoms with van der Waals surface area (Å²) >= 11 is 0. The molecule has 0 atom stereocenters. The van der Waals surface area contributed by atoms with Crippen molar-refractivity contribution in [3.05, 3.63) is 34.3 Å². The van der Waals surface area contributed by atoms with Crippen LogP contribution in [0, 0.1) is 0 Å². The Kier molecular flexibility index (Phi) is 3.04. The molecule has 0 aromatic carbocycles. The summed E-state index contributed by atoms with van der Waals surface area (Å²) in [7, 11) is -3.96. The van der Waals surface area contributed by atoms with E-state index in [0.29, 0.717) is 6.08 Å². The van der Waals surface area contributed by atoms with Gasteiger partial charge < -0.3 is 10.6 Å². The van der Waals surface area contributed by atoms with Gasteiger partial charge in [0, 0.05) is 12.2 Å². The summed E-state index contributed by atoms with van der Waals surface area (Å²) in [5.41, 5.74) is -0.941. The second-order valence-electron chi connectivity index (χ2n) is 4.40. The highest BCUT2D eigenvalue weighted by molar-refractivity contribution is 7.94. The van der Waals surface area contributed by atoms with Crippen molar-refractivity contribution in [2.75, 3.05) is 0 Å². The van der Waals surface area contributed by atoms with E-state index in [1.165, 1.54) is 0 Å². The van der Waals surface area contributed by atoms with Crippen LogP contribution in [0.25, 0.3) is 0 Å². The molecule has 106 valence electrons. The molecule has 9 heteroatoms. The van der Waals surface area contributed by atoms with Gasteiger partial charge in [0.1, 0.15) is 16.4 Å². The van der Waals surface area contributed by atoms with Gasteiger partial charge >= 0.3 is 6.18 Å². The summed E-state index contributed by atoms with van der Waals surface area (Å²) in [5, 5.41) is 5.20. The number of nitrogens with one attached hydrogen (secondary N) is 3. The Bertz CT molecular complexity index is 600. The van der Waals surface area contributed by atoms with Crippen LogP contribution in [0.3, 0.4) is 0 Å². The highest BCUT2D eigenvalue weighted by atomic mass is 32.2. The van der Waals surface area contributed by atoms with Gasteiger partial charge in [0.05, 0.1) is 5.57 Å². The number of fused-ring (bicyclic) bond motifs is 1. The smallest absolute Gasteiger partial charge is 0.367 e. The van der Waals surface area contributed by atoms with Crippen molar-refractivity contribution in [1.29, 1.82) is 0 Å². The Labute approximate surface area is 108 Å². The molecule has 0 fully saturated rings. The number of allylic oxidation sites excluding steroid dienone is 2. The SMILES string of the molecule is CC(C)NC1=C2NC=C(C(F)(F)F)C=C2S(=O)(=O)N1. The highest BCUT2D eigenvalue weighted by Crippen LogP contribution is 2.34. The average molecular weight is 295 g/mol. The van der Waals surface area contributed by atoms with E-state index in [1.807, 2.05) is 0 Å². The second-order valence-corrected chi connectivity index (χ2v) is 6.06. The van der Waals surface area contributed by atoms with Crippen molar-refractivity contribution < 1.29 is 21.6 Å². The van der Waals surface area contributed by atoms with Crippen LogP contribution in [-0.4, -0.2) is 20.6 Å². The molecule has 2 aliphatic heterocycles. The first-order valence-corrected chi connectivity index (χ1v) is 6.89. The van der Waals surface area contributed by atoms with Crippen LogP contribution >= 0.6 is 0 Å². The topological polar surface area (TPSA) is 70.2 Å². The van der Waals surface area contributed by atoms with E-state index in [0.717, 1.165) is 6.20 Å². The first-order chi connectivity index (χ1) is 8.61. The number of alkyl halides is 3. The van der Waals surface area contributed by atoms with Crippen molar-refractivity contribution in [3.63, 3.8) is 0 Å². The number of hydrogen-bond donors (Lipinski definition) is 3. The fraction of sp³-hybridized carbons (Fsp3) is 0.400. The van der Waals surface area contributed by atoms with Crippen molar-refractivity contribution in [3.8, 4) is 0 Å². The van der Waals surface area contributed by atoms with Gasteiger partial charge in [-0.15, -0.1) is 0 Å². The summed E-state index contributed by atoms with van der Waals surface area (Å²) in [6.07, 6.45) is -3.25. The third kappa shape index (κ3) is 2.55. The quantitative estimate of drug-likeness (QED) is 0.711. The number of halogens is 3. The number of dihydropyridines is 1. The minimum Gasteiger partial charge on any atom is -0.367 e. The van der Waals surface area contributed by atoms with Gasteiger partial charge in [-0.25, -0.2) is 8.42 Å². The Morgan fingerprint density at radius 1 is 1.32 bits per heavy atom. The molecule has 0 aromatic rings. The van der Waals surface area contributed by atoms with E-state index in [9.17, 15) is 21.6 Å². The molecule has 0 aliphatic carbocycles. The second kappa shape index (κ2) is 4.19. The summed E-state index contributed by atoms with van der Waals surface area (Å²) < 4.78 is 63.4. The van der Waals surface area contributed by atoms with Crippen molar-refractivity contribution >= 4 is 10.0 Å². The van der Waals surface area contributed by atoms with Crippen LogP contribution < -0.4 is 15.4 Å². The van der Waals surface area contributed by atoms with E-state index in [-0.39, 0.29) is 17.6 Å². The first kappa shape index (κ1) is 13.8. The summed E-state index contributed by atoms with van der Waals surface area (Å²) in [5.74, 6) is 0.152. The van der Waals surface area contributed by atoms with Gasteiger partial charge in [0.15, 0.2) is 0 Å². The molecule has 0 bridgehead atoms. The molecule has 0 spiro atoms. The number of sulfonamides is 1. The predicted molar refractivity (Wildman–Crippen MR) is 62.7 cm³/mol. The third-order valence-electron chi connectivity index (χ3n) is 2.44. The van der Waals surface area contributed by atoms with Crippen LogP contribution in [-0.2, 0) is 10.0 Å². The van der Waals surface area contributed by atoms with E-state index < -0.39 is 26.7 Å². The van der Waals surface area contributed by atoms with Gasteiger partial charge in [0.2, 0.25) is 0 Å². The van der Waals surface area contributed by atoms with Crippen LogP contribution in [0.1, 0.15) is 13.8 Å². The van der Waals surface area contributed by atoms with Crippen molar-refractivity contribution in [1.82, 2.24) is 15.4 Å². The summed E-state index contributed by atoms with van der Waals surface area (Å²) in [6.45, 7) is 3.56. The minimum atomic E-state index is -4.60. The summed E-state index contributed by atoms with van der Waals surface area (Å²) in [6, 6.07) is -0.0701. The summed E-state index contributed by atoms with van der Waals surface area (Å²) in [4.78, 5) is -0.412. The van der Waals surface area contributed by atoms with Crippen LogP contribution in [0.4, 0.5) is 13.2 Å². The van der Waals surface area contributed by atoms with E-state index >= 15 is 0 Å². The lowest BCUT2D eigenvalue weighted by Gasteiger charge is -2.16. The van der Waals surface area contributed by atoms with Crippen LogP contribution in [0.2, 0.25) is 0 Å². The molecule has 0 unspecified atom stereocenters. The lowest BCUT2D eigenvalue weighted by molar-refractivity contribution is -0.0886. The van der Waals surface area contributed by atoms with Gasteiger partial charge in [-0.2, -0.15) is 13.2 Å². The zero-order valence-corrected chi connectivity index (χ0v) is 10.9. The molecule has 0 radical (unpaired) electrons. The fourth-order valence-corrected chi connectivity index (χ4v) is 2.93. The average Bonchev–Trinajstić information content (AvgIpc) is 2.48. The molecular weight excluding hydrogens is 283 g/mol. The van der Waals surface area contributed by atoms with Gasteiger partial charge in [-0.3, -0.25) is 4.72 Å². The zero-order chi connectivity index (χ0) is 14.4. The highest BCUT2D eigenvalue weighted by Gasteiger charge is 2.40. The van der Waals surface area contributed by atoms with Crippen molar-refractivity contribution in [2.24, 2.45) is 0 Å². The van der Waals surface area contributed by atoms with Crippen LogP contribution in [0.15, 0.2) is 34.3 Å². The maximum atomic E-state index is 12.6. The number of rotatable bonds is 2. The standard InChI is InChI=1S/C10H12F3N3O2S/c1-5(2)15-9-8-7(19(17,18)16-9)3-6(4-14-8)10(11,12)13/h3-5,14-16H,1-2H3. The molecule has 0 saturated carbocycles. The maximum absolute atomic E-state index is 12.6. The molecule has 5 nitrogen and oxygen atoms in total.